The predicted molar refractivity (Wildman–Crippen MR) is 119 cm³/mol. The number of carbonyl (C=O) groups is 2. The van der Waals surface area contributed by atoms with E-state index in [0.29, 0.717) is 46.5 Å². The van der Waals surface area contributed by atoms with Crippen molar-refractivity contribution in [1.82, 2.24) is 0 Å². The highest BCUT2D eigenvalue weighted by molar-refractivity contribution is 6.30. The monoisotopic (exact) mass is 439 g/mol. The zero-order valence-corrected chi connectivity index (χ0v) is 17.7. The van der Waals surface area contributed by atoms with Crippen LogP contribution in [-0.4, -0.2) is 38.6 Å². The molecule has 31 heavy (non-hydrogen) atoms. The fraction of sp³-hybridized carbons (Fsp3) is 0.167. The summed E-state index contributed by atoms with van der Waals surface area (Å²) in [6, 6.07) is 20.4. The molecular formula is C24H22ClNO5. The highest BCUT2D eigenvalue weighted by Gasteiger charge is 2.10. The van der Waals surface area contributed by atoms with Crippen LogP contribution in [0.25, 0.3) is 0 Å². The lowest BCUT2D eigenvalue weighted by Crippen LogP contribution is -2.20. The summed E-state index contributed by atoms with van der Waals surface area (Å²) in [5.41, 5.74) is 1.70. The summed E-state index contributed by atoms with van der Waals surface area (Å²) >= 11 is 5.85. The Kier molecular flexibility index (Phi) is 8.04. The molecule has 1 N–H and O–H groups in total. The Bertz CT molecular complexity index is 1000. The molecule has 160 valence electrons. The van der Waals surface area contributed by atoms with Crippen molar-refractivity contribution in [3.63, 3.8) is 0 Å². The van der Waals surface area contributed by atoms with Crippen LogP contribution < -0.4 is 14.8 Å². The highest BCUT2D eigenvalue weighted by atomic mass is 35.5. The van der Waals surface area contributed by atoms with Crippen LogP contribution in [0.2, 0.25) is 5.02 Å². The molecule has 0 spiro atoms. The van der Waals surface area contributed by atoms with Gasteiger partial charge >= 0.3 is 0 Å². The fourth-order valence-electron chi connectivity index (χ4n) is 2.69. The maximum atomic E-state index is 12.5. The Balaban J connectivity index is 1.48. The summed E-state index contributed by atoms with van der Waals surface area (Å²) in [6.45, 7) is 0.808. The van der Waals surface area contributed by atoms with E-state index in [-0.39, 0.29) is 18.3 Å². The molecule has 0 atom stereocenters. The quantitative estimate of drug-likeness (QED) is 0.369. The molecule has 0 saturated carbocycles. The van der Waals surface area contributed by atoms with Gasteiger partial charge in [-0.3, -0.25) is 9.59 Å². The van der Waals surface area contributed by atoms with Crippen LogP contribution in [-0.2, 0) is 9.53 Å². The summed E-state index contributed by atoms with van der Waals surface area (Å²) < 4.78 is 15.9. The van der Waals surface area contributed by atoms with Gasteiger partial charge in [0.25, 0.3) is 5.91 Å². The van der Waals surface area contributed by atoms with E-state index < -0.39 is 0 Å². The van der Waals surface area contributed by atoms with Crippen LogP contribution in [0.1, 0.15) is 15.9 Å². The molecule has 1 amide bonds. The molecule has 0 radical (unpaired) electrons. The smallest absolute Gasteiger partial charge is 0.262 e. The highest BCUT2D eigenvalue weighted by Crippen LogP contribution is 2.18. The van der Waals surface area contributed by atoms with E-state index in [4.69, 9.17) is 25.8 Å². The van der Waals surface area contributed by atoms with Gasteiger partial charge in [0.05, 0.1) is 6.61 Å². The molecule has 3 aromatic rings. The number of benzene rings is 3. The third-order valence-corrected chi connectivity index (χ3v) is 4.54. The summed E-state index contributed by atoms with van der Waals surface area (Å²) in [4.78, 5) is 24.6. The molecule has 6 nitrogen and oxygen atoms in total. The first-order valence-electron chi connectivity index (χ1n) is 9.60. The van der Waals surface area contributed by atoms with Crippen LogP contribution in [0, 0.1) is 0 Å². The van der Waals surface area contributed by atoms with E-state index >= 15 is 0 Å². The number of nitrogens with one attached hydrogen (secondary N) is 1. The van der Waals surface area contributed by atoms with Crippen molar-refractivity contribution < 1.29 is 23.8 Å². The van der Waals surface area contributed by atoms with Gasteiger partial charge in [-0.2, -0.15) is 0 Å². The lowest BCUT2D eigenvalue weighted by atomic mass is 10.0. The van der Waals surface area contributed by atoms with Crippen molar-refractivity contribution in [1.29, 1.82) is 0 Å². The van der Waals surface area contributed by atoms with Gasteiger partial charge in [0.2, 0.25) is 0 Å². The SMILES string of the molecule is COCCOc1ccc(NC(=O)COc2ccc(C(=O)c3ccc(Cl)cc3)cc2)cc1. The summed E-state index contributed by atoms with van der Waals surface area (Å²) in [7, 11) is 1.61. The number of amides is 1. The van der Waals surface area contributed by atoms with E-state index in [9.17, 15) is 9.59 Å². The molecule has 0 aromatic heterocycles. The third-order valence-electron chi connectivity index (χ3n) is 4.29. The Morgan fingerprint density at radius 3 is 1.94 bits per heavy atom. The molecule has 0 saturated heterocycles. The van der Waals surface area contributed by atoms with Gasteiger partial charge < -0.3 is 19.5 Å². The number of ketones is 1. The Morgan fingerprint density at radius 1 is 0.774 bits per heavy atom. The Labute approximate surface area is 185 Å². The van der Waals surface area contributed by atoms with Gasteiger partial charge in [0, 0.05) is 28.9 Å². The number of rotatable bonds is 10. The number of methoxy groups -OCH3 is 1. The first kappa shape index (κ1) is 22.3. The first-order valence-corrected chi connectivity index (χ1v) is 9.98. The zero-order valence-electron chi connectivity index (χ0n) is 17.0. The van der Waals surface area contributed by atoms with Gasteiger partial charge in [-0.25, -0.2) is 0 Å². The van der Waals surface area contributed by atoms with E-state index in [0.717, 1.165) is 0 Å². The lowest BCUT2D eigenvalue weighted by Gasteiger charge is -2.09. The summed E-state index contributed by atoms with van der Waals surface area (Å²) in [6.07, 6.45) is 0. The average Bonchev–Trinajstić information content (AvgIpc) is 2.79. The first-order chi connectivity index (χ1) is 15.0. The van der Waals surface area contributed by atoms with Crippen molar-refractivity contribution in [2.24, 2.45) is 0 Å². The maximum absolute atomic E-state index is 12.5. The second kappa shape index (κ2) is 11.2. The second-order valence-corrected chi connectivity index (χ2v) is 7.00. The van der Waals surface area contributed by atoms with Crippen molar-refractivity contribution in [2.45, 2.75) is 0 Å². The van der Waals surface area contributed by atoms with Gasteiger partial charge in [0.1, 0.15) is 18.1 Å². The van der Waals surface area contributed by atoms with Crippen molar-refractivity contribution in [2.75, 3.05) is 32.2 Å². The topological polar surface area (TPSA) is 73.9 Å². The Morgan fingerprint density at radius 2 is 1.32 bits per heavy atom. The largest absolute Gasteiger partial charge is 0.491 e. The Hall–Kier alpha value is -3.35. The van der Waals surface area contributed by atoms with E-state index in [1.165, 1.54) is 0 Å². The van der Waals surface area contributed by atoms with Gasteiger partial charge in [-0.1, -0.05) is 11.6 Å². The number of ether oxygens (including phenoxy) is 3. The van der Waals surface area contributed by atoms with Crippen LogP contribution in [0.3, 0.4) is 0 Å². The molecule has 3 rings (SSSR count). The molecule has 7 heteroatoms. The zero-order chi connectivity index (χ0) is 22.1. The van der Waals surface area contributed by atoms with E-state index in [1.807, 2.05) is 0 Å². The van der Waals surface area contributed by atoms with Crippen LogP contribution in [0.5, 0.6) is 11.5 Å². The van der Waals surface area contributed by atoms with Crippen LogP contribution >= 0.6 is 11.6 Å². The normalized spacial score (nSPS) is 10.4. The standard InChI is InChI=1S/C24H22ClNO5/c1-29-14-15-30-21-12-8-20(9-13-21)26-23(27)16-31-22-10-4-18(5-11-22)24(28)17-2-6-19(25)7-3-17/h2-13H,14-16H2,1H3,(H,26,27). The molecule has 0 aliphatic rings. The van der Waals surface area contributed by atoms with E-state index in [2.05, 4.69) is 5.32 Å². The molecule has 0 aliphatic heterocycles. The van der Waals surface area contributed by atoms with Gasteiger partial charge in [-0.05, 0) is 72.8 Å². The number of hydrogen-bond acceptors (Lipinski definition) is 5. The molecule has 0 bridgehead atoms. The molecule has 0 unspecified atom stereocenters. The third kappa shape index (κ3) is 6.84. The number of anilines is 1. The lowest BCUT2D eigenvalue weighted by molar-refractivity contribution is -0.118. The van der Waals surface area contributed by atoms with Crippen molar-refractivity contribution >= 4 is 29.0 Å². The minimum Gasteiger partial charge on any atom is -0.491 e. The molecular weight excluding hydrogens is 418 g/mol. The van der Waals surface area contributed by atoms with Crippen LogP contribution in [0.4, 0.5) is 5.69 Å². The summed E-state index contributed by atoms with van der Waals surface area (Å²) in [5, 5.41) is 3.33. The summed E-state index contributed by atoms with van der Waals surface area (Å²) in [5.74, 6) is 0.772. The average molecular weight is 440 g/mol. The minimum atomic E-state index is -0.297. The van der Waals surface area contributed by atoms with E-state index in [1.54, 1.807) is 79.9 Å². The number of halogens is 1. The van der Waals surface area contributed by atoms with Crippen LogP contribution in [0.15, 0.2) is 72.8 Å². The molecule has 3 aromatic carbocycles. The maximum Gasteiger partial charge on any atom is 0.262 e. The number of carbonyl (C=O) groups excluding carboxylic acids is 2. The second-order valence-electron chi connectivity index (χ2n) is 6.56. The minimum absolute atomic E-state index is 0.115. The van der Waals surface area contributed by atoms with Gasteiger partial charge in [-0.15, -0.1) is 0 Å². The number of hydrogen-bond donors (Lipinski definition) is 1. The predicted octanol–water partition coefficient (Wildman–Crippen LogP) is 4.61. The molecule has 0 heterocycles. The van der Waals surface area contributed by atoms with Crippen molar-refractivity contribution in [3.8, 4) is 11.5 Å². The molecule has 0 fully saturated rings. The van der Waals surface area contributed by atoms with Crippen molar-refractivity contribution in [3.05, 3.63) is 88.9 Å². The molecule has 0 aliphatic carbocycles. The fourth-order valence-corrected chi connectivity index (χ4v) is 2.82. The van der Waals surface area contributed by atoms with Gasteiger partial charge in [0.15, 0.2) is 12.4 Å².